The summed E-state index contributed by atoms with van der Waals surface area (Å²) in [5, 5.41) is 4.12. The Morgan fingerprint density at radius 1 is 1.40 bits per heavy atom. The van der Waals surface area contributed by atoms with Crippen molar-refractivity contribution < 1.29 is 4.79 Å². The van der Waals surface area contributed by atoms with Gasteiger partial charge < -0.3 is 4.90 Å². The third-order valence-electron chi connectivity index (χ3n) is 3.31. The summed E-state index contributed by atoms with van der Waals surface area (Å²) < 4.78 is 1.85. The Hall–Kier alpha value is -2.17. The van der Waals surface area contributed by atoms with Gasteiger partial charge in [0.05, 0.1) is 0 Å². The van der Waals surface area contributed by atoms with E-state index in [9.17, 15) is 4.79 Å². The Bertz CT molecular complexity index is 551. The molecule has 0 bridgehead atoms. The number of amides is 1. The van der Waals surface area contributed by atoms with Crippen LogP contribution in [0.1, 0.15) is 24.0 Å². The van der Waals surface area contributed by atoms with Gasteiger partial charge in [-0.3, -0.25) is 14.5 Å². The summed E-state index contributed by atoms with van der Waals surface area (Å²) in [6.45, 7) is 3.42. The number of rotatable bonds is 6. The first kappa shape index (κ1) is 14.2. The van der Waals surface area contributed by atoms with Crippen LogP contribution in [0.25, 0.3) is 0 Å². The molecule has 2 rings (SSSR count). The molecule has 0 N–H and O–H groups in total. The predicted molar refractivity (Wildman–Crippen MR) is 76.9 cm³/mol. The fraction of sp³-hybridized carbons (Fsp3) is 0.400. The summed E-state index contributed by atoms with van der Waals surface area (Å²) in [4.78, 5) is 17.9. The van der Waals surface area contributed by atoms with Crippen molar-refractivity contribution >= 4 is 5.91 Å². The van der Waals surface area contributed by atoms with Gasteiger partial charge in [0.1, 0.15) is 0 Å². The van der Waals surface area contributed by atoms with Crippen LogP contribution in [0.15, 0.2) is 36.9 Å². The summed E-state index contributed by atoms with van der Waals surface area (Å²) in [5.74, 6) is 0.161. The first-order chi connectivity index (χ1) is 9.66. The standard InChI is InChI=1S/C15H20N4O/c1-13-11-16-8-6-14(13)12-18(2)15(20)5-3-9-19-10-4-7-17-19/h4,6-8,10-11H,3,5,9,12H2,1-2H3. The molecular formula is C15H20N4O. The maximum Gasteiger partial charge on any atom is 0.222 e. The van der Waals surface area contributed by atoms with Crippen molar-refractivity contribution in [2.45, 2.75) is 32.9 Å². The number of hydrogen-bond donors (Lipinski definition) is 0. The van der Waals surface area contributed by atoms with Crippen LogP contribution in [-0.2, 0) is 17.9 Å². The number of carbonyl (C=O) groups excluding carboxylic acids is 1. The minimum Gasteiger partial charge on any atom is -0.341 e. The molecule has 5 heteroatoms. The third kappa shape index (κ3) is 3.91. The van der Waals surface area contributed by atoms with Crippen LogP contribution < -0.4 is 0 Å². The molecule has 2 aromatic rings. The molecule has 0 aliphatic rings. The highest BCUT2D eigenvalue weighted by molar-refractivity contribution is 5.75. The lowest BCUT2D eigenvalue weighted by molar-refractivity contribution is -0.130. The predicted octanol–water partition coefficient (Wildman–Crippen LogP) is 2.03. The van der Waals surface area contributed by atoms with Crippen LogP contribution in [0.3, 0.4) is 0 Å². The molecule has 0 radical (unpaired) electrons. The normalized spacial score (nSPS) is 10.5. The van der Waals surface area contributed by atoms with E-state index in [0.717, 1.165) is 24.1 Å². The second-order valence-electron chi connectivity index (χ2n) is 4.92. The number of carbonyl (C=O) groups is 1. The van der Waals surface area contributed by atoms with Gasteiger partial charge in [-0.1, -0.05) is 0 Å². The van der Waals surface area contributed by atoms with Crippen LogP contribution in [0.4, 0.5) is 0 Å². The first-order valence-electron chi connectivity index (χ1n) is 6.77. The Balaban J connectivity index is 1.79. The summed E-state index contributed by atoms with van der Waals surface area (Å²) >= 11 is 0. The van der Waals surface area contributed by atoms with E-state index in [-0.39, 0.29) is 5.91 Å². The second kappa shape index (κ2) is 6.84. The molecule has 2 heterocycles. The Labute approximate surface area is 119 Å². The van der Waals surface area contributed by atoms with E-state index in [1.807, 2.05) is 43.2 Å². The van der Waals surface area contributed by atoms with Gasteiger partial charge in [-0.25, -0.2) is 0 Å². The van der Waals surface area contributed by atoms with E-state index in [1.54, 1.807) is 17.3 Å². The van der Waals surface area contributed by atoms with Crippen LogP contribution >= 0.6 is 0 Å². The molecular weight excluding hydrogens is 252 g/mol. The van der Waals surface area contributed by atoms with Crippen LogP contribution in [0.5, 0.6) is 0 Å². The lowest BCUT2D eigenvalue weighted by Gasteiger charge is -2.18. The molecule has 0 saturated carbocycles. The lowest BCUT2D eigenvalue weighted by atomic mass is 10.1. The van der Waals surface area contributed by atoms with Gasteiger partial charge in [-0.05, 0) is 36.6 Å². The lowest BCUT2D eigenvalue weighted by Crippen LogP contribution is -2.26. The fourth-order valence-electron chi connectivity index (χ4n) is 2.04. The quantitative estimate of drug-likeness (QED) is 0.808. The number of aromatic nitrogens is 3. The highest BCUT2D eigenvalue weighted by Crippen LogP contribution is 2.09. The van der Waals surface area contributed by atoms with Crippen LogP contribution in [-0.4, -0.2) is 32.6 Å². The average molecular weight is 272 g/mol. The Kier molecular flexibility index (Phi) is 4.87. The van der Waals surface area contributed by atoms with E-state index in [0.29, 0.717) is 13.0 Å². The van der Waals surface area contributed by atoms with Crippen LogP contribution in [0.2, 0.25) is 0 Å². The maximum atomic E-state index is 12.1. The van der Waals surface area contributed by atoms with Crippen molar-refractivity contribution in [2.75, 3.05) is 7.05 Å². The molecule has 0 unspecified atom stereocenters. The average Bonchev–Trinajstić information content (AvgIpc) is 2.94. The molecule has 0 atom stereocenters. The molecule has 0 aliphatic heterocycles. The van der Waals surface area contributed by atoms with Gasteiger partial charge in [-0.15, -0.1) is 0 Å². The molecule has 0 saturated heterocycles. The molecule has 2 aromatic heterocycles. The summed E-state index contributed by atoms with van der Waals surface area (Å²) in [5.41, 5.74) is 2.26. The molecule has 5 nitrogen and oxygen atoms in total. The minimum absolute atomic E-state index is 0.161. The van der Waals surface area contributed by atoms with Gasteiger partial charge in [0.2, 0.25) is 5.91 Å². The van der Waals surface area contributed by atoms with Crippen molar-refractivity contribution in [1.82, 2.24) is 19.7 Å². The van der Waals surface area contributed by atoms with E-state index in [1.165, 1.54) is 0 Å². The molecule has 1 amide bonds. The third-order valence-corrected chi connectivity index (χ3v) is 3.31. The minimum atomic E-state index is 0.161. The highest BCUT2D eigenvalue weighted by Gasteiger charge is 2.10. The van der Waals surface area contributed by atoms with Crippen LogP contribution in [0, 0.1) is 6.92 Å². The van der Waals surface area contributed by atoms with Crippen molar-refractivity contribution in [2.24, 2.45) is 0 Å². The van der Waals surface area contributed by atoms with Crippen molar-refractivity contribution in [1.29, 1.82) is 0 Å². The number of hydrogen-bond acceptors (Lipinski definition) is 3. The van der Waals surface area contributed by atoms with E-state index in [4.69, 9.17) is 0 Å². The second-order valence-corrected chi connectivity index (χ2v) is 4.92. The van der Waals surface area contributed by atoms with E-state index < -0.39 is 0 Å². The van der Waals surface area contributed by atoms with Gasteiger partial charge in [-0.2, -0.15) is 5.10 Å². The monoisotopic (exact) mass is 272 g/mol. The molecule has 0 aliphatic carbocycles. The zero-order chi connectivity index (χ0) is 14.4. The van der Waals surface area contributed by atoms with E-state index >= 15 is 0 Å². The molecule has 0 spiro atoms. The van der Waals surface area contributed by atoms with Gasteiger partial charge in [0, 0.05) is 51.3 Å². The molecule has 0 fully saturated rings. The Morgan fingerprint density at radius 3 is 2.95 bits per heavy atom. The smallest absolute Gasteiger partial charge is 0.222 e. The number of pyridine rings is 1. The SMILES string of the molecule is Cc1cnccc1CN(C)C(=O)CCCn1cccn1. The van der Waals surface area contributed by atoms with E-state index in [2.05, 4.69) is 10.1 Å². The summed E-state index contributed by atoms with van der Waals surface area (Å²) in [6.07, 6.45) is 8.60. The van der Waals surface area contributed by atoms with Gasteiger partial charge in [0.25, 0.3) is 0 Å². The highest BCUT2D eigenvalue weighted by atomic mass is 16.2. The van der Waals surface area contributed by atoms with Crippen molar-refractivity contribution in [3.05, 3.63) is 48.0 Å². The summed E-state index contributed by atoms with van der Waals surface area (Å²) in [6, 6.07) is 3.85. The van der Waals surface area contributed by atoms with Gasteiger partial charge in [0.15, 0.2) is 0 Å². The molecule has 106 valence electrons. The number of nitrogens with zero attached hydrogens (tertiary/aromatic N) is 4. The summed E-state index contributed by atoms with van der Waals surface area (Å²) in [7, 11) is 1.84. The Morgan fingerprint density at radius 2 is 2.25 bits per heavy atom. The first-order valence-corrected chi connectivity index (χ1v) is 6.77. The fourth-order valence-corrected chi connectivity index (χ4v) is 2.04. The maximum absolute atomic E-state index is 12.1. The van der Waals surface area contributed by atoms with Crippen molar-refractivity contribution in [3.8, 4) is 0 Å². The zero-order valence-corrected chi connectivity index (χ0v) is 12.0. The zero-order valence-electron chi connectivity index (χ0n) is 12.0. The van der Waals surface area contributed by atoms with Crippen molar-refractivity contribution in [3.63, 3.8) is 0 Å². The number of aryl methyl sites for hydroxylation is 2. The molecule has 0 aromatic carbocycles. The topological polar surface area (TPSA) is 51.0 Å². The largest absolute Gasteiger partial charge is 0.341 e. The molecule has 20 heavy (non-hydrogen) atoms. The van der Waals surface area contributed by atoms with Gasteiger partial charge >= 0.3 is 0 Å².